The van der Waals surface area contributed by atoms with E-state index in [4.69, 9.17) is 14.6 Å². The largest absolute Gasteiger partial charge is 0.462 e. The van der Waals surface area contributed by atoms with E-state index in [1.54, 1.807) is 0 Å². The van der Waals surface area contributed by atoms with Crippen molar-refractivity contribution >= 4 is 11.9 Å². The van der Waals surface area contributed by atoms with Crippen LogP contribution in [0.15, 0.2) is 12.2 Å². The molecule has 290 valence electrons. The Labute approximate surface area is 302 Å². The monoisotopic (exact) mass is 697 g/mol. The van der Waals surface area contributed by atoms with Gasteiger partial charge >= 0.3 is 11.9 Å². The highest BCUT2D eigenvalue weighted by Crippen LogP contribution is 2.22. The van der Waals surface area contributed by atoms with Crippen LogP contribution in [0.1, 0.15) is 175 Å². The van der Waals surface area contributed by atoms with Crippen LogP contribution in [0.4, 0.5) is 0 Å². The first-order valence-electron chi connectivity index (χ1n) is 20.3. The van der Waals surface area contributed by atoms with E-state index in [9.17, 15) is 14.7 Å². The lowest BCUT2D eigenvalue weighted by molar-refractivity contribution is -0.150. The van der Waals surface area contributed by atoms with Crippen LogP contribution >= 0.6 is 0 Å². The van der Waals surface area contributed by atoms with Crippen molar-refractivity contribution in [1.82, 2.24) is 9.80 Å². The molecule has 0 aromatic heterocycles. The first-order chi connectivity index (χ1) is 23.7. The number of aliphatic hydroxyl groups excluding tert-OH is 2. The van der Waals surface area contributed by atoms with Crippen molar-refractivity contribution in [2.45, 2.75) is 193 Å². The summed E-state index contributed by atoms with van der Waals surface area (Å²) in [6.07, 6.45) is 25.8. The van der Waals surface area contributed by atoms with Gasteiger partial charge in [0.25, 0.3) is 0 Å². The van der Waals surface area contributed by atoms with Crippen LogP contribution in [0.5, 0.6) is 0 Å². The zero-order valence-electron chi connectivity index (χ0n) is 32.9. The van der Waals surface area contributed by atoms with Crippen LogP contribution in [0, 0.1) is 0 Å². The summed E-state index contributed by atoms with van der Waals surface area (Å²) in [5, 5.41) is 18.3. The summed E-state index contributed by atoms with van der Waals surface area (Å²) in [5.41, 5.74) is 1.28. The van der Waals surface area contributed by atoms with E-state index in [1.807, 2.05) is 19.0 Å². The number of nitrogens with zero attached hydrogens (tertiary/aromatic N) is 2. The van der Waals surface area contributed by atoms with Gasteiger partial charge in [-0.05, 0) is 85.4 Å². The molecule has 8 nitrogen and oxygen atoms in total. The highest BCUT2D eigenvalue weighted by atomic mass is 16.5. The van der Waals surface area contributed by atoms with Gasteiger partial charge in [0.05, 0.1) is 13.0 Å². The summed E-state index contributed by atoms with van der Waals surface area (Å²) < 4.78 is 11.6. The van der Waals surface area contributed by atoms with Gasteiger partial charge in [-0.1, -0.05) is 96.5 Å². The maximum Gasteiger partial charge on any atom is 0.307 e. The number of hydrogen-bond acceptors (Lipinski definition) is 8. The van der Waals surface area contributed by atoms with E-state index in [1.165, 1.54) is 89.0 Å². The van der Waals surface area contributed by atoms with Crippen LogP contribution in [-0.4, -0.2) is 97.1 Å². The number of hydrogen-bond donors (Lipinski definition) is 2. The zero-order chi connectivity index (χ0) is 36.5. The molecule has 1 saturated heterocycles. The SMILES string of the molecule is C=C(C)CCCCCCCO.CCCCCCCCC(CCCCCC)OC(=O)CCCCCN1C[C@@H](OC(=O)CCN(C)C)C[C@H]1CO. The Balaban J connectivity index is 0.00000178. The maximum atomic E-state index is 12.6. The predicted molar refractivity (Wildman–Crippen MR) is 205 cm³/mol. The Bertz CT molecular complexity index is 792. The minimum atomic E-state index is -0.166. The number of rotatable bonds is 31. The molecule has 1 aliphatic heterocycles. The molecule has 0 radical (unpaired) electrons. The molecule has 3 atom stereocenters. The van der Waals surface area contributed by atoms with Crippen molar-refractivity contribution in [3.05, 3.63) is 12.2 Å². The molecule has 1 unspecified atom stereocenters. The zero-order valence-corrected chi connectivity index (χ0v) is 32.9. The maximum absolute atomic E-state index is 12.6. The van der Waals surface area contributed by atoms with Crippen molar-refractivity contribution < 1.29 is 29.3 Å². The van der Waals surface area contributed by atoms with E-state index in [-0.39, 0.29) is 36.8 Å². The Morgan fingerprint density at radius 1 is 0.755 bits per heavy atom. The Hall–Kier alpha value is -1.48. The molecule has 0 bridgehead atoms. The van der Waals surface area contributed by atoms with Crippen LogP contribution in [0.25, 0.3) is 0 Å². The molecule has 0 spiro atoms. The number of aliphatic hydroxyl groups is 2. The number of carbonyl (C=O) groups excluding carboxylic acids is 2. The first kappa shape index (κ1) is 47.5. The van der Waals surface area contributed by atoms with E-state index in [0.717, 1.165) is 57.9 Å². The molecule has 8 heteroatoms. The van der Waals surface area contributed by atoms with Gasteiger partial charge in [-0.3, -0.25) is 14.5 Å². The third-order valence-corrected chi connectivity index (χ3v) is 9.41. The van der Waals surface area contributed by atoms with Gasteiger partial charge in [0.1, 0.15) is 12.2 Å². The molecule has 2 N–H and O–H groups in total. The van der Waals surface area contributed by atoms with Gasteiger partial charge in [-0.2, -0.15) is 0 Å². The summed E-state index contributed by atoms with van der Waals surface area (Å²) in [5.74, 6) is -0.212. The highest BCUT2D eigenvalue weighted by Gasteiger charge is 2.33. The van der Waals surface area contributed by atoms with Gasteiger partial charge in [-0.25, -0.2) is 0 Å². The molecule has 0 saturated carbocycles. The molecule has 49 heavy (non-hydrogen) atoms. The average molecular weight is 697 g/mol. The van der Waals surface area contributed by atoms with Crippen molar-refractivity contribution in [2.24, 2.45) is 0 Å². The van der Waals surface area contributed by atoms with Crippen molar-refractivity contribution in [3.63, 3.8) is 0 Å². The number of esters is 2. The van der Waals surface area contributed by atoms with Gasteiger partial charge in [-0.15, -0.1) is 6.58 Å². The number of unbranched alkanes of at least 4 members (excludes halogenated alkanes) is 14. The summed E-state index contributed by atoms with van der Waals surface area (Å²) >= 11 is 0. The fourth-order valence-corrected chi connectivity index (χ4v) is 6.33. The normalized spacial score (nSPS) is 16.7. The topological polar surface area (TPSA) is 99.5 Å². The van der Waals surface area contributed by atoms with Gasteiger partial charge < -0.3 is 24.6 Å². The fourth-order valence-electron chi connectivity index (χ4n) is 6.33. The van der Waals surface area contributed by atoms with E-state index >= 15 is 0 Å². The standard InChI is InChI=1S/C31H60N2O5.C10H20O/c1-5-7-9-11-12-15-19-28(18-14-10-8-6-2)37-30(35)20-16-13-17-22-33-25-29(24-27(33)26-34)38-31(36)21-23-32(3)4;1-10(2)8-6-4-3-5-7-9-11/h27-29,34H,5-26H2,1-4H3;11H,1,3-9H2,2H3/t27-,28?,29-;/m0./s1. The molecule has 1 fully saturated rings. The van der Waals surface area contributed by atoms with Crippen molar-refractivity contribution in [1.29, 1.82) is 0 Å². The highest BCUT2D eigenvalue weighted by molar-refractivity contribution is 5.70. The van der Waals surface area contributed by atoms with Crippen LogP contribution in [0.2, 0.25) is 0 Å². The molecule has 1 aliphatic rings. The van der Waals surface area contributed by atoms with Crippen LogP contribution in [0.3, 0.4) is 0 Å². The van der Waals surface area contributed by atoms with Gasteiger partial charge in [0.2, 0.25) is 0 Å². The number of carbonyl (C=O) groups is 2. The van der Waals surface area contributed by atoms with Crippen LogP contribution < -0.4 is 0 Å². The number of allylic oxidation sites excluding steroid dienone is 1. The fraction of sp³-hybridized carbons (Fsp3) is 0.902. The quantitative estimate of drug-likeness (QED) is 0.0421. The third kappa shape index (κ3) is 29.9. The number of likely N-dealkylation sites (tertiary alicyclic amines) is 1. The minimum Gasteiger partial charge on any atom is -0.462 e. The molecule has 1 rings (SSSR count). The predicted octanol–water partition coefficient (Wildman–Crippen LogP) is 9.01. The molecule has 0 aromatic carbocycles. The smallest absolute Gasteiger partial charge is 0.307 e. The molecule has 0 aliphatic carbocycles. The lowest BCUT2D eigenvalue weighted by Crippen LogP contribution is -2.33. The third-order valence-electron chi connectivity index (χ3n) is 9.41. The second-order valence-electron chi connectivity index (χ2n) is 14.8. The summed E-state index contributed by atoms with van der Waals surface area (Å²) in [4.78, 5) is 28.8. The Morgan fingerprint density at radius 3 is 1.90 bits per heavy atom. The molecule has 0 amide bonds. The summed E-state index contributed by atoms with van der Waals surface area (Å²) in [7, 11) is 3.88. The molecular weight excluding hydrogens is 616 g/mol. The van der Waals surface area contributed by atoms with E-state index < -0.39 is 0 Å². The first-order valence-corrected chi connectivity index (χ1v) is 20.3. The van der Waals surface area contributed by atoms with Crippen molar-refractivity contribution in [3.8, 4) is 0 Å². The van der Waals surface area contributed by atoms with E-state index in [0.29, 0.717) is 39.0 Å². The summed E-state index contributed by atoms with van der Waals surface area (Å²) in [6.45, 7) is 13.0. The minimum absolute atomic E-state index is 0.0436. The lowest BCUT2D eigenvalue weighted by atomic mass is 10.0. The second-order valence-corrected chi connectivity index (χ2v) is 14.8. The average Bonchev–Trinajstić information content (AvgIpc) is 3.46. The van der Waals surface area contributed by atoms with Gasteiger partial charge in [0, 0.05) is 38.6 Å². The van der Waals surface area contributed by atoms with Crippen LogP contribution in [-0.2, 0) is 19.1 Å². The molecule has 0 aromatic rings. The molecule has 1 heterocycles. The molecular formula is C41H80N2O6. The number of ether oxygens (including phenoxy) is 2. The lowest BCUT2D eigenvalue weighted by Gasteiger charge is -2.22. The van der Waals surface area contributed by atoms with E-state index in [2.05, 4.69) is 32.3 Å². The Kier molecular flexibility index (Phi) is 32.6. The Morgan fingerprint density at radius 2 is 1.31 bits per heavy atom. The van der Waals surface area contributed by atoms with Crippen molar-refractivity contribution in [2.75, 3.05) is 46.9 Å². The summed E-state index contributed by atoms with van der Waals surface area (Å²) in [6, 6.07) is 0.0436. The second kappa shape index (κ2) is 33.7. The van der Waals surface area contributed by atoms with Gasteiger partial charge in [0.15, 0.2) is 0 Å².